The molecule has 0 unspecified atom stereocenters. The van der Waals surface area contributed by atoms with Crippen LogP contribution >= 0.6 is 0 Å². The van der Waals surface area contributed by atoms with Crippen LogP contribution in [0.2, 0.25) is 0 Å². The Balaban J connectivity index is 1.96. The van der Waals surface area contributed by atoms with Crippen LogP contribution in [0.15, 0.2) is 28.9 Å². The number of aliphatic carboxylic acids is 1. The fraction of sp³-hybridized carbons (Fsp3) is 0.286. The molecule has 2 rings (SSSR count). The molecular formula is C14H15NO4. The zero-order valence-electron chi connectivity index (χ0n) is 10.8. The van der Waals surface area contributed by atoms with Gasteiger partial charge in [-0.2, -0.15) is 0 Å². The van der Waals surface area contributed by atoms with E-state index >= 15 is 0 Å². The molecule has 1 N–H and O–H groups in total. The third-order valence-corrected chi connectivity index (χ3v) is 2.77. The van der Waals surface area contributed by atoms with Gasteiger partial charge in [0.15, 0.2) is 6.61 Å². The fourth-order valence-electron chi connectivity index (χ4n) is 1.60. The normalized spacial score (nSPS) is 10.4. The maximum Gasteiger partial charge on any atom is 0.309 e. The van der Waals surface area contributed by atoms with Gasteiger partial charge in [-0.15, -0.1) is 0 Å². The van der Waals surface area contributed by atoms with E-state index < -0.39 is 5.97 Å². The summed E-state index contributed by atoms with van der Waals surface area (Å²) >= 11 is 0. The minimum atomic E-state index is -0.935. The third-order valence-electron chi connectivity index (χ3n) is 2.77. The zero-order valence-corrected chi connectivity index (χ0v) is 10.8. The molecule has 0 saturated carbocycles. The number of hydrogen-bond acceptors (Lipinski definition) is 4. The van der Waals surface area contributed by atoms with Crippen molar-refractivity contribution < 1.29 is 19.1 Å². The predicted octanol–water partition coefficient (Wildman–Crippen LogP) is 2.50. The average molecular weight is 261 g/mol. The summed E-state index contributed by atoms with van der Waals surface area (Å²) in [6, 6.07) is 5.80. The van der Waals surface area contributed by atoms with Gasteiger partial charge in [0.25, 0.3) is 0 Å². The van der Waals surface area contributed by atoms with E-state index in [-0.39, 0.29) is 13.0 Å². The summed E-state index contributed by atoms with van der Waals surface area (Å²) < 4.78 is 10.7. The molecule has 0 saturated heterocycles. The lowest BCUT2D eigenvalue weighted by Gasteiger charge is -2.06. The van der Waals surface area contributed by atoms with Gasteiger partial charge in [-0.3, -0.25) is 4.79 Å². The second kappa shape index (κ2) is 5.56. The van der Waals surface area contributed by atoms with E-state index in [1.54, 1.807) is 0 Å². The summed E-state index contributed by atoms with van der Waals surface area (Å²) in [7, 11) is 0. The molecule has 19 heavy (non-hydrogen) atoms. The molecule has 0 spiro atoms. The number of hydrogen-bond donors (Lipinski definition) is 1. The lowest BCUT2D eigenvalue weighted by molar-refractivity contribution is -0.136. The molecule has 0 atom stereocenters. The molecule has 1 aromatic heterocycles. The van der Waals surface area contributed by atoms with Gasteiger partial charge in [-0.05, 0) is 37.1 Å². The van der Waals surface area contributed by atoms with Crippen molar-refractivity contribution in [3.05, 3.63) is 47.2 Å². The summed E-state index contributed by atoms with van der Waals surface area (Å²) in [5.74, 6) is 0.172. The number of oxazole rings is 1. The highest BCUT2D eigenvalue weighted by atomic mass is 16.5. The first-order chi connectivity index (χ1) is 9.04. The lowest BCUT2D eigenvalue weighted by Crippen LogP contribution is -2.01. The quantitative estimate of drug-likeness (QED) is 0.895. The molecule has 0 amide bonds. The average Bonchev–Trinajstić information content (AvgIpc) is 2.77. The second-order valence-corrected chi connectivity index (χ2v) is 4.34. The zero-order chi connectivity index (χ0) is 13.8. The van der Waals surface area contributed by atoms with E-state index in [0.29, 0.717) is 11.6 Å². The van der Waals surface area contributed by atoms with Crippen LogP contribution in [0.5, 0.6) is 5.75 Å². The van der Waals surface area contributed by atoms with Crippen LogP contribution < -0.4 is 4.74 Å². The Bertz CT molecular complexity index is 589. The molecule has 0 bridgehead atoms. The Morgan fingerprint density at radius 3 is 2.84 bits per heavy atom. The van der Waals surface area contributed by atoms with Crippen LogP contribution in [-0.2, 0) is 17.8 Å². The Hall–Kier alpha value is -2.30. The van der Waals surface area contributed by atoms with Crippen molar-refractivity contribution in [3.63, 3.8) is 0 Å². The van der Waals surface area contributed by atoms with Gasteiger partial charge in [0.1, 0.15) is 12.0 Å². The number of nitrogens with zero attached hydrogens (tertiary/aromatic N) is 1. The van der Waals surface area contributed by atoms with Crippen LogP contribution in [-0.4, -0.2) is 16.1 Å². The Morgan fingerprint density at radius 1 is 1.37 bits per heavy atom. The van der Waals surface area contributed by atoms with Gasteiger partial charge >= 0.3 is 5.97 Å². The van der Waals surface area contributed by atoms with Gasteiger partial charge in [0.05, 0.1) is 12.1 Å². The topological polar surface area (TPSA) is 72.6 Å². The Morgan fingerprint density at radius 2 is 2.16 bits per heavy atom. The Labute approximate surface area is 110 Å². The van der Waals surface area contributed by atoms with Crippen molar-refractivity contribution in [1.82, 2.24) is 4.98 Å². The molecule has 100 valence electrons. The second-order valence-electron chi connectivity index (χ2n) is 4.34. The fourth-order valence-corrected chi connectivity index (χ4v) is 1.60. The molecule has 0 fully saturated rings. The van der Waals surface area contributed by atoms with Crippen LogP contribution in [0.3, 0.4) is 0 Å². The first kappa shape index (κ1) is 13.1. The largest absolute Gasteiger partial charge is 0.484 e. The predicted molar refractivity (Wildman–Crippen MR) is 68.1 cm³/mol. The monoisotopic (exact) mass is 261 g/mol. The lowest BCUT2D eigenvalue weighted by atomic mass is 10.1. The number of aryl methyl sites for hydroxylation is 2. The molecule has 0 aliphatic heterocycles. The third kappa shape index (κ3) is 3.58. The number of rotatable bonds is 5. The van der Waals surface area contributed by atoms with Gasteiger partial charge < -0.3 is 14.3 Å². The van der Waals surface area contributed by atoms with Crippen LogP contribution in [0, 0.1) is 13.8 Å². The maximum absolute atomic E-state index is 10.5. The number of ether oxygens (including phenoxy) is 1. The summed E-state index contributed by atoms with van der Waals surface area (Å²) in [5, 5.41) is 8.63. The summed E-state index contributed by atoms with van der Waals surface area (Å²) in [6.45, 7) is 4.23. The molecule has 5 nitrogen and oxygen atoms in total. The van der Waals surface area contributed by atoms with Crippen LogP contribution in [0.4, 0.5) is 0 Å². The van der Waals surface area contributed by atoms with Crippen molar-refractivity contribution in [2.75, 3.05) is 0 Å². The van der Waals surface area contributed by atoms with Crippen molar-refractivity contribution in [2.45, 2.75) is 26.9 Å². The van der Waals surface area contributed by atoms with Gasteiger partial charge in [-0.1, -0.05) is 6.07 Å². The van der Waals surface area contributed by atoms with Crippen molar-refractivity contribution in [2.24, 2.45) is 0 Å². The first-order valence-corrected chi connectivity index (χ1v) is 5.89. The smallest absolute Gasteiger partial charge is 0.309 e. The molecule has 5 heteroatoms. The highest BCUT2D eigenvalue weighted by Crippen LogP contribution is 2.17. The van der Waals surface area contributed by atoms with E-state index in [4.69, 9.17) is 14.3 Å². The minimum Gasteiger partial charge on any atom is -0.484 e. The van der Waals surface area contributed by atoms with E-state index in [1.165, 1.54) is 11.8 Å². The molecule has 2 aromatic rings. The number of benzene rings is 1. The summed E-state index contributed by atoms with van der Waals surface area (Å²) in [6.07, 6.45) is 1.19. The maximum atomic E-state index is 10.5. The Kier molecular flexibility index (Phi) is 3.85. The number of carbonyl (C=O) groups is 1. The molecule has 1 heterocycles. The molecule has 0 radical (unpaired) electrons. The van der Waals surface area contributed by atoms with Crippen molar-refractivity contribution in [3.8, 4) is 5.75 Å². The highest BCUT2D eigenvalue weighted by molar-refractivity contribution is 5.69. The van der Waals surface area contributed by atoms with E-state index in [9.17, 15) is 4.79 Å². The summed E-state index contributed by atoms with van der Waals surface area (Å²) in [4.78, 5) is 14.5. The number of carboxylic acids is 1. The van der Waals surface area contributed by atoms with Crippen molar-refractivity contribution >= 4 is 5.97 Å². The van der Waals surface area contributed by atoms with E-state index in [0.717, 1.165) is 11.3 Å². The molecule has 1 aromatic carbocycles. The number of carboxylic acid groups (broad SMARTS) is 1. The van der Waals surface area contributed by atoms with Gasteiger partial charge in [0, 0.05) is 0 Å². The summed E-state index contributed by atoms with van der Waals surface area (Å²) in [5.41, 5.74) is 2.75. The van der Waals surface area contributed by atoms with Crippen LogP contribution in [0.1, 0.15) is 22.7 Å². The standard InChI is InChI=1S/C14H15NO4/c1-9-3-4-12(5-10(9)2)18-8-13-15-11(7-19-13)6-14(16)17/h3-5,7H,6,8H2,1-2H3,(H,16,17). The van der Waals surface area contributed by atoms with Crippen LogP contribution in [0.25, 0.3) is 0 Å². The molecular weight excluding hydrogens is 246 g/mol. The van der Waals surface area contributed by atoms with E-state index in [1.807, 2.05) is 32.0 Å². The number of aromatic nitrogens is 1. The molecule has 0 aliphatic rings. The van der Waals surface area contributed by atoms with Gasteiger partial charge in [0.2, 0.25) is 5.89 Å². The van der Waals surface area contributed by atoms with Gasteiger partial charge in [-0.25, -0.2) is 4.98 Å². The SMILES string of the molecule is Cc1ccc(OCc2nc(CC(=O)O)co2)cc1C. The van der Waals surface area contributed by atoms with Crippen molar-refractivity contribution in [1.29, 1.82) is 0 Å². The molecule has 0 aliphatic carbocycles. The van der Waals surface area contributed by atoms with E-state index in [2.05, 4.69) is 4.98 Å². The highest BCUT2D eigenvalue weighted by Gasteiger charge is 2.08. The minimum absolute atomic E-state index is 0.146. The first-order valence-electron chi connectivity index (χ1n) is 5.89.